The first-order valence-corrected chi connectivity index (χ1v) is 16.8. The molecule has 1 unspecified atom stereocenters. The van der Waals surface area contributed by atoms with Gasteiger partial charge in [0.2, 0.25) is 0 Å². The number of fused-ring (bicyclic) bond motifs is 1. The Bertz CT molecular complexity index is 1950. The van der Waals surface area contributed by atoms with Gasteiger partial charge in [-0.25, -0.2) is 14.6 Å². The molecule has 2 N–H and O–H groups in total. The SMILES string of the molecule is O=C(NCc1ccc(C2O[C@H](CSc3ccccn3)[C@@H](c3ccccc3)[C@H](c3ccc(CO)cc3)O2)cc1)c1ccc2c(c1)C(=O)OC2=O. The normalized spacial score (nSPS) is 20.0. The fourth-order valence-corrected chi connectivity index (χ4v) is 6.99. The molecule has 0 spiro atoms. The zero-order valence-electron chi connectivity index (χ0n) is 26.2. The van der Waals surface area contributed by atoms with Crippen molar-refractivity contribution in [3.8, 4) is 0 Å². The van der Waals surface area contributed by atoms with E-state index in [0.29, 0.717) is 5.75 Å². The third-order valence-electron chi connectivity index (χ3n) is 8.62. The zero-order valence-corrected chi connectivity index (χ0v) is 27.0. The van der Waals surface area contributed by atoms with Crippen molar-refractivity contribution >= 4 is 29.6 Å². The summed E-state index contributed by atoms with van der Waals surface area (Å²) in [6.07, 6.45) is 0.523. The average molecular weight is 673 g/mol. The first kappa shape index (κ1) is 32.4. The fraction of sp³-hybridized carbons (Fsp3) is 0.179. The molecule has 49 heavy (non-hydrogen) atoms. The maximum atomic E-state index is 12.9. The maximum Gasteiger partial charge on any atom is 0.346 e. The molecule has 0 radical (unpaired) electrons. The number of aliphatic hydroxyl groups is 1. The molecule has 5 aromatic rings. The van der Waals surface area contributed by atoms with Crippen LogP contribution in [0.15, 0.2) is 126 Å². The lowest BCUT2D eigenvalue weighted by molar-refractivity contribution is -0.255. The number of esters is 2. The van der Waals surface area contributed by atoms with Crippen LogP contribution < -0.4 is 5.32 Å². The van der Waals surface area contributed by atoms with Gasteiger partial charge in [0.05, 0.1) is 35.0 Å². The average Bonchev–Trinajstić information content (AvgIpc) is 3.45. The summed E-state index contributed by atoms with van der Waals surface area (Å²) in [5, 5.41) is 13.4. The smallest absolute Gasteiger partial charge is 0.346 e. The Morgan fingerprint density at radius 3 is 2.20 bits per heavy atom. The number of carbonyl (C=O) groups excluding carboxylic acids is 3. The molecular formula is C39H32N2O7S. The van der Waals surface area contributed by atoms with E-state index in [9.17, 15) is 19.5 Å². The Labute approximate surface area is 287 Å². The summed E-state index contributed by atoms with van der Waals surface area (Å²) in [5.74, 6) is -1.33. The van der Waals surface area contributed by atoms with E-state index in [0.717, 1.165) is 32.8 Å². The number of hydrogen-bond acceptors (Lipinski definition) is 9. The number of nitrogens with one attached hydrogen (secondary N) is 1. The van der Waals surface area contributed by atoms with Gasteiger partial charge in [-0.2, -0.15) is 0 Å². The molecule has 1 fully saturated rings. The van der Waals surface area contributed by atoms with Crippen molar-refractivity contribution in [3.63, 3.8) is 0 Å². The van der Waals surface area contributed by atoms with Crippen LogP contribution in [0.25, 0.3) is 0 Å². The summed E-state index contributed by atoms with van der Waals surface area (Å²) in [4.78, 5) is 41.0. The molecule has 10 heteroatoms. The number of benzene rings is 4. The van der Waals surface area contributed by atoms with Gasteiger partial charge in [-0.1, -0.05) is 84.9 Å². The molecule has 1 amide bonds. The highest BCUT2D eigenvalue weighted by atomic mass is 32.2. The van der Waals surface area contributed by atoms with Crippen molar-refractivity contribution in [2.24, 2.45) is 0 Å². The standard InChI is InChI=1S/C39H32N2O7S/c42-22-25-11-13-27(14-12-25)35-34(26-6-2-1-3-7-26)32(23-49-33-8-4-5-19-40-33)46-39(47-35)28-15-9-24(10-16-28)21-41-36(43)29-17-18-30-31(20-29)38(45)48-37(30)44/h1-20,32,34-35,39,42H,21-23H2,(H,41,43)/t32-,34-,35+,39?/m1/s1. The first-order valence-electron chi connectivity index (χ1n) is 15.8. The van der Waals surface area contributed by atoms with E-state index in [1.54, 1.807) is 18.0 Å². The van der Waals surface area contributed by atoms with Gasteiger partial charge < -0.3 is 24.6 Å². The zero-order chi connectivity index (χ0) is 33.7. The second kappa shape index (κ2) is 14.6. The van der Waals surface area contributed by atoms with Gasteiger partial charge in [0.15, 0.2) is 6.29 Å². The number of thioether (sulfide) groups is 1. The summed E-state index contributed by atoms with van der Waals surface area (Å²) in [6, 6.07) is 35.9. The Hall–Kier alpha value is -5.13. The minimum Gasteiger partial charge on any atom is -0.392 e. The molecule has 2 aliphatic heterocycles. The van der Waals surface area contributed by atoms with Crippen molar-refractivity contribution in [2.75, 3.05) is 5.75 Å². The number of cyclic esters (lactones) is 2. The Balaban J connectivity index is 1.11. The van der Waals surface area contributed by atoms with Crippen molar-refractivity contribution < 1.29 is 33.7 Å². The predicted octanol–water partition coefficient (Wildman–Crippen LogP) is 6.55. The molecule has 246 valence electrons. The highest BCUT2D eigenvalue weighted by Gasteiger charge is 2.42. The van der Waals surface area contributed by atoms with E-state index in [2.05, 4.69) is 27.2 Å². The van der Waals surface area contributed by atoms with Crippen molar-refractivity contribution in [2.45, 2.75) is 42.6 Å². The third-order valence-corrected chi connectivity index (χ3v) is 9.65. The molecule has 4 atom stereocenters. The van der Waals surface area contributed by atoms with E-state index in [1.165, 1.54) is 18.2 Å². The van der Waals surface area contributed by atoms with Crippen molar-refractivity contribution in [1.29, 1.82) is 0 Å². The number of aromatic nitrogens is 1. The third kappa shape index (κ3) is 7.18. The molecule has 7 rings (SSSR count). The Morgan fingerprint density at radius 1 is 0.755 bits per heavy atom. The summed E-state index contributed by atoms with van der Waals surface area (Å²) < 4.78 is 18.2. The molecule has 3 heterocycles. The lowest BCUT2D eigenvalue weighted by Crippen LogP contribution is -2.38. The van der Waals surface area contributed by atoms with Gasteiger partial charge in [0, 0.05) is 35.5 Å². The monoisotopic (exact) mass is 672 g/mol. The highest BCUT2D eigenvalue weighted by molar-refractivity contribution is 7.99. The van der Waals surface area contributed by atoms with Crippen molar-refractivity contribution in [3.05, 3.63) is 166 Å². The van der Waals surface area contributed by atoms with Gasteiger partial charge in [-0.3, -0.25) is 4.79 Å². The summed E-state index contributed by atoms with van der Waals surface area (Å²) >= 11 is 1.64. The minimum absolute atomic E-state index is 0.0429. The summed E-state index contributed by atoms with van der Waals surface area (Å²) in [6.45, 7) is 0.198. The van der Waals surface area contributed by atoms with Gasteiger partial charge in [-0.05, 0) is 52.6 Å². The van der Waals surface area contributed by atoms with Crippen LogP contribution in [0.5, 0.6) is 0 Å². The van der Waals surface area contributed by atoms with E-state index in [1.807, 2.05) is 84.9 Å². The molecule has 9 nitrogen and oxygen atoms in total. The van der Waals surface area contributed by atoms with Crippen LogP contribution in [-0.2, 0) is 27.4 Å². The largest absolute Gasteiger partial charge is 0.392 e. The molecule has 1 saturated heterocycles. The van der Waals surface area contributed by atoms with Crippen LogP contribution in [-0.4, -0.2) is 39.8 Å². The van der Waals surface area contributed by atoms with Crippen LogP contribution in [0.4, 0.5) is 0 Å². The van der Waals surface area contributed by atoms with Crippen LogP contribution in [0.3, 0.4) is 0 Å². The number of aliphatic hydroxyl groups excluding tert-OH is 1. The maximum absolute atomic E-state index is 12.9. The van der Waals surface area contributed by atoms with E-state index >= 15 is 0 Å². The van der Waals surface area contributed by atoms with Gasteiger partial charge in [-0.15, -0.1) is 11.8 Å². The van der Waals surface area contributed by atoms with Crippen LogP contribution in [0.1, 0.15) is 77.2 Å². The number of pyridine rings is 1. The predicted molar refractivity (Wildman–Crippen MR) is 182 cm³/mol. The quantitative estimate of drug-likeness (QED) is 0.0966. The second-order valence-electron chi connectivity index (χ2n) is 11.7. The van der Waals surface area contributed by atoms with Crippen LogP contribution >= 0.6 is 11.8 Å². The van der Waals surface area contributed by atoms with Gasteiger partial charge >= 0.3 is 11.9 Å². The van der Waals surface area contributed by atoms with Crippen LogP contribution in [0, 0.1) is 0 Å². The molecule has 0 bridgehead atoms. The molecule has 1 aromatic heterocycles. The summed E-state index contributed by atoms with van der Waals surface area (Å²) in [5.41, 5.74) is 5.08. The molecular weight excluding hydrogens is 641 g/mol. The number of amides is 1. The van der Waals surface area contributed by atoms with Gasteiger partial charge in [0.1, 0.15) is 0 Å². The second-order valence-corrected chi connectivity index (χ2v) is 12.8. The lowest BCUT2D eigenvalue weighted by Gasteiger charge is -2.43. The van der Waals surface area contributed by atoms with E-state index in [-0.39, 0.29) is 53.9 Å². The number of nitrogens with zero attached hydrogens (tertiary/aromatic N) is 1. The molecule has 2 aliphatic rings. The lowest BCUT2D eigenvalue weighted by atomic mass is 9.84. The Kier molecular flexibility index (Phi) is 9.63. The molecule has 4 aromatic carbocycles. The topological polar surface area (TPSA) is 124 Å². The van der Waals surface area contributed by atoms with Crippen molar-refractivity contribution in [1.82, 2.24) is 10.3 Å². The first-order chi connectivity index (χ1) is 24.0. The van der Waals surface area contributed by atoms with Crippen LogP contribution in [0.2, 0.25) is 0 Å². The number of carbonyl (C=O) groups is 3. The molecule has 0 aliphatic carbocycles. The van der Waals surface area contributed by atoms with E-state index in [4.69, 9.17) is 9.47 Å². The Morgan fingerprint density at radius 2 is 1.47 bits per heavy atom. The number of hydrogen-bond donors (Lipinski definition) is 2. The molecule has 0 saturated carbocycles. The number of ether oxygens (including phenoxy) is 3. The highest BCUT2D eigenvalue weighted by Crippen LogP contribution is 2.48. The number of rotatable bonds is 10. The van der Waals surface area contributed by atoms with E-state index < -0.39 is 18.2 Å². The van der Waals surface area contributed by atoms with Gasteiger partial charge in [0.25, 0.3) is 5.91 Å². The summed E-state index contributed by atoms with van der Waals surface area (Å²) in [7, 11) is 0. The minimum atomic E-state index is -0.755. The fourth-order valence-electron chi connectivity index (χ4n) is 6.06.